The summed E-state index contributed by atoms with van der Waals surface area (Å²) in [5.74, 6) is 3.54. The van der Waals surface area contributed by atoms with Crippen molar-refractivity contribution in [2.24, 2.45) is 23.2 Å². The van der Waals surface area contributed by atoms with Crippen molar-refractivity contribution in [2.45, 2.75) is 51.4 Å². The van der Waals surface area contributed by atoms with Gasteiger partial charge in [0.25, 0.3) is 0 Å². The van der Waals surface area contributed by atoms with Gasteiger partial charge in [0.2, 0.25) is 0 Å². The zero-order chi connectivity index (χ0) is 19.3. The van der Waals surface area contributed by atoms with Crippen LogP contribution < -0.4 is 4.74 Å². The van der Waals surface area contributed by atoms with E-state index in [2.05, 4.69) is 55.5 Å². The molecule has 0 amide bonds. The van der Waals surface area contributed by atoms with Crippen LogP contribution in [0.3, 0.4) is 0 Å². The number of rotatable bonds is 3. The minimum absolute atomic E-state index is 0.107. The third-order valence-corrected chi connectivity index (χ3v) is 8.12. The van der Waals surface area contributed by atoms with E-state index >= 15 is 0 Å². The van der Waals surface area contributed by atoms with E-state index in [4.69, 9.17) is 4.74 Å². The van der Waals surface area contributed by atoms with Gasteiger partial charge in [-0.15, -0.1) is 0 Å². The summed E-state index contributed by atoms with van der Waals surface area (Å²) in [4.78, 5) is 13.5. The standard InChI is InChI=1S/C26H30O2/c1-26-13-12-22-21-11-9-20(28-2)15-18(21)8-10-23(22)24(26)16-19(25(26)27)14-17-6-4-3-5-7-17/h3-7,9,11,15,19,22-24H,8,10,12-14,16H2,1-2H3/t19?,22-,23-,24+,26+/m1/s1. The Morgan fingerprint density at radius 2 is 1.93 bits per heavy atom. The first-order valence-corrected chi connectivity index (χ1v) is 10.8. The summed E-state index contributed by atoms with van der Waals surface area (Å²) < 4.78 is 5.44. The van der Waals surface area contributed by atoms with E-state index in [9.17, 15) is 4.79 Å². The molecule has 146 valence electrons. The number of aryl methyl sites for hydroxylation is 1. The van der Waals surface area contributed by atoms with E-state index in [-0.39, 0.29) is 11.3 Å². The molecule has 0 saturated heterocycles. The Bertz CT molecular complexity index is 887. The molecule has 2 saturated carbocycles. The molecular formula is C26H30O2. The number of Topliss-reactive ketones (excluding diaryl/α,β-unsaturated/α-hetero) is 1. The number of hydrogen-bond donors (Lipinski definition) is 0. The van der Waals surface area contributed by atoms with Gasteiger partial charge >= 0.3 is 0 Å². The number of fused-ring (bicyclic) bond motifs is 5. The lowest BCUT2D eigenvalue weighted by Crippen LogP contribution is -2.42. The second-order valence-corrected chi connectivity index (χ2v) is 9.42. The number of ketones is 1. The smallest absolute Gasteiger partial charge is 0.142 e. The summed E-state index contributed by atoms with van der Waals surface area (Å²) in [6.07, 6.45) is 6.54. The minimum atomic E-state index is -0.107. The van der Waals surface area contributed by atoms with Gasteiger partial charge in [0.05, 0.1) is 7.11 Å². The van der Waals surface area contributed by atoms with E-state index in [1.165, 1.54) is 23.1 Å². The summed E-state index contributed by atoms with van der Waals surface area (Å²) in [7, 11) is 1.75. The molecule has 2 aromatic carbocycles. The lowest BCUT2D eigenvalue weighted by molar-refractivity contribution is -0.131. The van der Waals surface area contributed by atoms with Gasteiger partial charge in [0, 0.05) is 11.3 Å². The molecule has 5 atom stereocenters. The van der Waals surface area contributed by atoms with E-state index in [1.807, 2.05) is 0 Å². The first-order valence-electron chi connectivity index (χ1n) is 10.8. The number of methoxy groups -OCH3 is 1. The largest absolute Gasteiger partial charge is 0.497 e. The Balaban J connectivity index is 1.42. The van der Waals surface area contributed by atoms with Gasteiger partial charge in [-0.3, -0.25) is 4.79 Å². The molecule has 0 bridgehead atoms. The van der Waals surface area contributed by atoms with Crippen molar-refractivity contribution in [3.8, 4) is 5.75 Å². The van der Waals surface area contributed by atoms with Crippen LogP contribution in [0.1, 0.15) is 55.2 Å². The van der Waals surface area contributed by atoms with Crippen molar-refractivity contribution in [3.63, 3.8) is 0 Å². The fourth-order valence-electron chi connectivity index (χ4n) is 6.70. The zero-order valence-electron chi connectivity index (χ0n) is 17.0. The van der Waals surface area contributed by atoms with Gasteiger partial charge < -0.3 is 4.74 Å². The maximum absolute atomic E-state index is 13.5. The highest BCUT2D eigenvalue weighted by Gasteiger charge is 2.57. The number of hydrogen-bond acceptors (Lipinski definition) is 2. The highest BCUT2D eigenvalue weighted by molar-refractivity contribution is 5.89. The molecule has 0 spiro atoms. The van der Waals surface area contributed by atoms with Crippen molar-refractivity contribution in [3.05, 3.63) is 65.2 Å². The number of benzene rings is 2. The predicted octanol–water partition coefficient (Wildman–Crippen LogP) is 5.59. The summed E-state index contributed by atoms with van der Waals surface area (Å²) in [6, 6.07) is 17.2. The minimum Gasteiger partial charge on any atom is -0.497 e. The molecule has 3 aliphatic carbocycles. The van der Waals surface area contributed by atoms with Crippen LogP contribution in [0.4, 0.5) is 0 Å². The highest BCUT2D eigenvalue weighted by Crippen LogP contribution is 2.61. The van der Waals surface area contributed by atoms with Crippen LogP contribution in [0, 0.1) is 23.2 Å². The van der Waals surface area contributed by atoms with Gasteiger partial charge in [-0.25, -0.2) is 0 Å². The highest BCUT2D eigenvalue weighted by atomic mass is 16.5. The topological polar surface area (TPSA) is 26.3 Å². The summed E-state index contributed by atoms with van der Waals surface area (Å²) in [5, 5.41) is 0. The fourth-order valence-corrected chi connectivity index (χ4v) is 6.70. The molecule has 1 unspecified atom stereocenters. The molecule has 2 aromatic rings. The van der Waals surface area contributed by atoms with Crippen molar-refractivity contribution in [1.29, 1.82) is 0 Å². The van der Waals surface area contributed by atoms with Gasteiger partial charge in [-0.1, -0.05) is 43.3 Å². The molecule has 2 nitrogen and oxygen atoms in total. The van der Waals surface area contributed by atoms with Crippen LogP contribution in [0.5, 0.6) is 5.75 Å². The molecule has 0 aliphatic heterocycles. The maximum atomic E-state index is 13.5. The molecule has 0 heterocycles. The molecule has 3 aliphatic rings. The van der Waals surface area contributed by atoms with Crippen molar-refractivity contribution in [2.75, 3.05) is 7.11 Å². The summed E-state index contributed by atoms with van der Waals surface area (Å²) in [6.45, 7) is 2.28. The van der Waals surface area contributed by atoms with E-state index in [1.54, 1.807) is 7.11 Å². The predicted molar refractivity (Wildman–Crippen MR) is 112 cm³/mol. The van der Waals surface area contributed by atoms with E-state index in [0.717, 1.165) is 37.9 Å². The Hall–Kier alpha value is -2.09. The third kappa shape index (κ3) is 2.72. The van der Waals surface area contributed by atoms with E-state index in [0.29, 0.717) is 23.5 Å². The summed E-state index contributed by atoms with van der Waals surface area (Å²) in [5.41, 5.74) is 4.19. The van der Waals surface area contributed by atoms with Crippen LogP contribution >= 0.6 is 0 Å². The third-order valence-electron chi connectivity index (χ3n) is 8.12. The maximum Gasteiger partial charge on any atom is 0.142 e. The zero-order valence-corrected chi connectivity index (χ0v) is 17.0. The summed E-state index contributed by atoms with van der Waals surface area (Å²) >= 11 is 0. The second kappa shape index (κ2) is 6.76. The molecule has 28 heavy (non-hydrogen) atoms. The average Bonchev–Trinajstić information content (AvgIpc) is 2.99. The Morgan fingerprint density at radius 3 is 2.71 bits per heavy atom. The van der Waals surface area contributed by atoms with Gasteiger partial charge in [-0.2, -0.15) is 0 Å². The molecule has 0 aromatic heterocycles. The van der Waals surface area contributed by atoms with Crippen molar-refractivity contribution in [1.82, 2.24) is 0 Å². The van der Waals surface area contributed by atoms with Crippen LogP contribution in [0.2, 0.25) is 0 Å². The van der Waals surface area contributed by atoms with Crippen LogP contribution in [0.15, 0.2) is 48.5 Å². The van der Waals surface area contributed by atoms with Crippen molar-refractivity contribution >= 4 is 5.78 Å². The van der Waals surface area contributed by atoms with Crippen LogP contribution in [-0.4, -0.2) is 12.9 Å². The monoisotopic (exact) mass is 374 g/mol. The first kappa shape index (κ1) is 18.0. The number of carbonyl (C=O) groups excluding carboxylic acids is 1. The van der Waals surface area contributed by atoms with Gasteiger partial charge in [-0.05, 0) is 85.1 Å². The molecule has 2 fully saturated rings. The van der Waals surface area contributed by atoms with Crippen LogP contribution in [-0.2, 0) is 17.6 Å². The Kier molecular flexibility index (Phi) is 4.34. The lowest BCUT2D eigenvalue weighted by atomic mass is 9.55. The lowest BCUT2D eigenvalue weighted by Gasteiger charge is -2.48. The normalized spacial score (nSPS) is 33.7. The Morgan fingerprint density at radius 1 is 1.11 bits per heavy atom. The van der Waals surface area contributed by atoms with Crippen molar-refractivity contribution < 1.29 is 9.53 Å². The molecule has 0 N–H and O–H groups in total. The van der Waals surface area contributed by atoms with E-state index < -0.39 is 0 Å². The SMILES string of the molecule is COc1ccc2c(c1)CC[C@@H]1[C@@H]2CC[C@]2(C)C(=O)C(Cc3ccccc3)C[C@@H]12. The molecule has 0 radical (unpaired) electrons. The average molecular weight is 375 g/mol. The molecule has 5 rings (SSSR count). The van der Waals surface area contributed by atoms with Gasteiger partial charge in [0.15, 0.2) is 0 Å². The quantitative estimate of drug-likeness (QED) is 0.700. The number of carbonyl (C=O) groups is 1. The molecule has 2 heteroatoms. The number of ether oxygens (including phenoxy) is 1. The second-order valence-electron chi connectivity index (χ2n) is 9.42. The molecular weight excluding hydrogens is 344 g/mol. The first-order chi connectivity index (χ1) is 13.6. The van der Waals surface area contributed by atoms with Gasteiger partial charge in [0.1, 0.15) is 11.5 Å². The Labute approximate surface area is 168 Å². The fraction of sp³-hybridized carbons (Fsp3) is 0.500. The van der Waals surface area contributed by atoms with Crippen LogP contribution in [0.25, 0.3) is 0 Å².